The van der Waals surface area contributed by atoms with Crippen molar-refractivity contribution in [2.45, 2.75) is 6.92 Å². The zero-order valence-corrected chi connectivity index (χ0v) is 17.6. The summed E-state index contributed by atoms with van der Waals surface area (Å²) in [6, 6.07) is 13.3. The van der Waals surface area contributed by atoms with E-state index in [1.807, 2.05) is 54.0 Å². The van der Waals surface area contributed by atoms with Crippen LogP contribution in [-0.4, -0.2) is 27.9 Å². The highest BCUT2D eigenvalue weighted by Crippen LogP contribution is 2.37. The van der Waals surface area contributed by atoms with Crippen molar-refractivity contribution in [1.82, 2.24) is 13.7 Å². The van der Waals surface area contributed by atoms with Crippen molar-refractivity contribution in [3.63, 3.8) is 0 Å². The molecule has 0 N–H and O–H groups in total. The molecule has 0 aliphatic carbocycles. The average molecular weight is 405 g/mol. The fourth-order valence-corrected chi connectivity index (χ4v) is 3.82. The maximum absolute atomic E-state index is 13.2. The molecule has 0 saturated heterocycles. The molecule has 0 atom stereocenters. The van der Waals surface area contributed by atoms with E-state index in [-0.39, 0.29) is 11.2 Å². The number of ether oxygens (including phenoxy) is 2. The van der Waals surface area contributed by atoms with Crippen molar-refractivity contribution in [2.75, 3.05) is 14.2 Å². The van der Waals surface area contributed by atoms with Crippen molar-refractivity contribution in [1.29, 1.82) is 0 Å². The van der Waals surface area contributed by atoms with Crippen LogP contribution in [0.15, 0.2) is 58.3 Å². The minimum Gasteiger partial charge on any atom is -0.497 e. The molecule has 0 aliphatic rings. The van der Waals surface area contributed by atoms with Crippen molar-refractivity contribution in [3.05, 3.63) is 75.1 Å². The maximum Gasteiger partial charge on any atom is 0.330 e. The van der Waals surface area contributed by atoms with Gasteiger partial charge in [0.05, 0.1) is 36.5 Å². The Labute approximate surface area is 173 Å². The minimum absolute atomic E-state index is 0.341. The Balaban J connectivity index is 2.25. The summed E-state index contributed by atoms with van der Waals surface area (Å²) in [5, 5.41) is 0.471. The normalized spacial score (nSPS) is 11.1. The van der Waals surface area contributed by atoms with Crippen LogP contribution >= 0.6 is 0 Å². The molecule has 30 heavy (non-hydrogen) atoms. The summed E-state index contributed by atoms with van der Waals surface area (Å²) in [5.41, 5.74) is 3.15. The van der Waals surface area contributed by atoms with Crippen molar-refractivity contribution in [3.8, 4) is 28.4 Å². The SMILES string of the molecule is COc1ccc(OC)c(-n2cc3c(c2-c2ccccc2C)c(=O)n(C)c(=O)n3C)c1. The van der Waals surface area contributed by atoms with Gasteiger partial charge in [0.25, 0.3) is 5.56 Å². The van der Waals surface area contributed by atoms with Crippen LogP contribution in [0.2, 0.25) is 0 Å². The van der Waals surface area contributed by atoms with Gasteiger partial charge >= 0.3 is 5.69 Å². The van der Waals surface area contributed by atoms with Crippen LogP contribution in [0.25, 0.3) is 27.8 Å². The van der Waals surface area contributed by atoms with Gasteiger partial charge in [-0.2, -0.15) is 0 Å². The maximum atomic E-state index is 13.2. The van der Waals surface area contributed by atoms with Gasteiger partial charge in [-0.15, -0.1) is 0 Å². The van der Waals surface area contributed by atoms with Gasteiger partial charge in [-0.25, -0.2) is 4.79 Å². The number of aromatic nitrogens is 3. The molecule has 2 aromatic heterocycles. The fourth-order valence-electron chi connectivity index (χ4n) is 3.82. The first-order valence-electron chi connectivity index (χ1n) is 9.48. The van der Waals surface area contributed by atoms with Gasteiger partial charge in [0.2, 0.25) is 0 Å². The van der Waals surface area contributed by atoms with Crippen molar-refractivity contribution >= 4 is 10.9 Å². The first-order chi connectivity index (χ1) is 14.4. The van der Waals surface area contributed by atoms with Gasteiger partial charge in [0, 0.05) is 31.9 Å². The molecule has 0 amide bonds. The second kappa shape index (κ2) is 7.26. The van der Waals surface area contributed by atoms with E-state index in [2.05, 4.69) is 0 Å². The summed E-state index contributed by atoms with van der Waals surface area (Å²) in [4.78, 5) is 25.8. The lowest BCUT2D eigenvalue weighted by molar-refractivity contribution is 0.401. The molecule has 0 saturated carbocycles. The molecule has 0 bridgehead atoms. The molecule has 0 spiro atoms. The van der Waals surface area contributed by atoms with Crippen LogP contribution in [0.5, 0.6) is 11.5 Å². The molecule has 0 unspecified atom stereocenters. The topological polar surface area (TPSA) is 67.4 Å². The van der Waals surface area contributed by atoms with Crippen LogP contribution in [0.1, 0.15) is 5.56 Å². The first-order valence-corrected chi connectivity index (χ1v) is 9.48. The Morgan fingerprint density at radius 1 is 0.900 bits per heavy atom. The third-order valence-electron chi connectivity index (χ3n) is 5.48. The Hall–Kier alpha value is -3.74. The summed E-state index contributed by atoms with van der Waals surface area (Å²) >= 11 is 0. The number of methoxy groups -OCH3 is 2. The molecule has 4 rings (SSSR count). The third-order valence-corrected chi connectivity index (χ3v) is 5.48. The standard InChI is InChI=1S/C23H23N3O4/c1-14-8-6-7-9-16(14)21-20-18(24(2)23(28)25(3)22(20)27)13-26(21)17-12-15(29-4)10-11-19(17)30-5/h6-13H,1-5H3. The summed E-state index contributed by atoms with van der Waals surface area (Å²) in [6.07, 6.45) is 1.80. The van der Waals surface area contributed by atoms with E-state index in [1.165, 1.54) is 11.6 Å². The number of aryl methyl sites for hydroxylation is 2. The molecular weight excluding hydrogens is 382 g/mol. The van der Waals surface area contributed by atoms with Gasteiger partial charge in [-0.3, -0.25) is 13.9 Å². The van der Waals surface area contributed by atoms with Gasteiger partial charge in [-0.05, 0) is 24.6 Å². The van der Waals surface area contributed by atoms with Crippen molar-refractivity contribution in [2.24, 2.45) is 14.1 Å². The van der Waals surface area contributed by atoms with Crippen LogP contribution < -0.4 is 20.7 Å². The lowest BCUT2D eigenvalue weighted by Crippen LogP contribution is -2.36. The Morgan fingerprint density at radius 3 is 2.30 bits per heavy atom. The van der Waals surface area contributed by atoms with Crippen LogP contribution in [0, 0.1) is 6.92 Å². The summed E-state index contributed by atoms with van der Waals surface area (Å²) < 4.78 is 15.5. The molecule has 4 aromatic rings. The van der Waals surface area contributed by atoms with E-state index < -0.39 is 0 Å². The minimum atomic E-state index is -0.376. The molecule has 2 heterocycles. The van der Waals surface area contributed by atoms with E-state index >= 15 is 0 Å². The van der Waals surface area contributed by atoms with Crippen LogP contribution in [0.3, 0.4) is 0 Å². The van der Waals surface area contributed by atoms with E-state index in [0.717, 1.165) is 15.7 Å². The number of hydrogen-bond acceptors (Lipinski definition) is 4. The molecule has 154 valence electrons. The Kier molecular flexibility index (Phi) is 4.73. The highest BCUT2D eigenvalue weighted by Gasteiger charge is 2.22. The number of fused-ring (bicyclic) bond motifs is 1. The molecule has 0 fully saturated rings. The zero-order valence-electron chi connectivity index (χ0n) is 17.6. The quantitative estimate of drug-likeness (QED) is 0.523. The molecular formula is C23H23N3O4. The van der Waals surface area contributed by atoms with Gasteiger partial charge in [0.15, 0.2) is 0 Å². The van der Waals surface area contributed by atoms with E-state index in [1.54, 1.807) is 27.5 Å². The Morgan fingerprint density at radius 2 is 1.63 bits per heavy atom. The number of benzene rings is 2. The predicted molar refractivity (Wildman–Crippen MR) is 117 cm³/mol. The highest BCUT2D eigenvalue weighted by atomic mass is 16.5. The van der Waals surface area contributed by atoms with Crippen LogP contribution in [-0.2, 0) is 14.1 Å². The van der Waals surface area contributed by atoms with E-state index in [0.29, 0.717) is 33.8 Å². The summed E-state index contributed by atoms with van der Waals surface area (Å²) in [6.45, 7) is 1.99. The number of hydrogen-bond donors (Lipinski definition) is 0. The smallest absolute Gasteiger partial charge is 0.330 e. The average Bonchev–Trinajstić information content (AvgIpc) is 3.16. The first kappa shape index (κ1) is 19.6. The lowest BCUT2D eigenvalue weighted by Gasteiger charge is -2.16. The van der Waals surface area contributed by atoms with E-state index in [9.17, 15) is 9.59 Å². The second-order valence-electron chi connectivity index (χ2n) is 7.17. The number of rotatable bonds is 4. The van der Waals surface area contributed by atoms with Gasteiger partial charge < -0.3 is 14.0 Å². The number of nitrogens with zero attached hydrogens (tertiary/aromatic N) is 3. The largest absolute Gasteiger partial charge is 0.497 e. The zero-order chi connectivity index (χ0) is 21.6. The van der Waals surface area contributed by atoms with Gasteiger partial charge in [0.1, 0.15) is 11.5 Å². The monoisotopic (exact) mass is 405 g/mol. The second-order valence-corrected chi connectivity index (χ2v) is 7.17. The molecule has 0 radical (unpaired) electrons. The predicted octanol–water partition coefficient (Wildman–Crippen LogP) is 3.02. The summed E-state index contributed by atoms with van der Waals surface area (Å²) in [7, 11) is 6.35. The van der Waals surface area contributed by atoms with Gasteiger partial charge in [-0.1, -0.05) is 24.3 Å². The third kappa shape index (κ3) is 2.82. The molecule has 7 heteroatoms. The summed E-state index contributed by atoms with van der Waals surface area (Å²) in [5.74, 6) is 1.27. The Bertz CT molecular complexity index is 1390. The fraction of sp³-hybridized carbons (Fsp3) is 0.217. The van der Waals surface area contributed by atoms with Crippen molar-refractivity contribution < 1.29 is 9.47 Å². The molecule has 7 nitrogen and oxygen atoms in total. The van der Waals surface area contributed by atoms with Crippen LogP contribution in [0.4, 0.5) is 0 Å². The highest BCUT2D eigenvalue weighted by molar-refractivity contribution is 5.95. The van der Waals surface area contributed by atoms with E-state index in [4.69, 9.17) is 9.47 Å². The molecule has 2 aromatic carbocycles. The molecule has 0 aliphatic heterocycles. The lowest BCUT2D eigenvalue weighted by atomic mass is 10.0.